The van der Waals surface area contributed by atoms with Gasteiger partial charge in [0.1, 0.15) is 5.82 Å². The number of nitrogens with zero attached hydrogens (tertiary/aromatic N) is 5. The number of rotatable bonds is 4. The molecule has 2 saturated heterocycles. The fraction of sp³-hybridized carbons (Fsp3) is 0.526. The van der Waals surface area contributed by atoms with Crippen LogP contribution < -0.4 is 4.90 Å². The average Bonchev–Trinajstić information content (AvgIpc) is 3.11. The van der Waals surface area contributed by atoms with E-state index in [0.717, 1.165) is 62.3 Å². The standard InChI is InChI=1S/C19H25N5O/c1-15-13-18(22-19(21-15)16-4-6-20-7-5-16)24-8-2-3-17(24)14-23-9-11-25-12-10-23/h4-7,13,17H,2-3,8-12,14H2,1H3. The maximum absolute atomic E-state index is 5.48. The van der Waals surface area contributed by atoms with Crippen LogP contribution in [-0.4, -0.2) is 65.3 Å². The smallest absolute Gasteiger partial charge is 0.161 e. The second-order valence-corrected chi connectivity index (χ2v) is 6.83. The van der Waals surface area contributed by atoms with E-state index in [4.69, 9.17) is 9.72 Å². The molecular formula is C19H25N5O. The maximum Gasteiger partial charge on any atom is 0.161 e. The van der Waals surface area contributed by atoms with Crippen LogP contribution >= 0.6 is 0 Å². The van der Waals surface area contributed by atoms with Crippen LogP contribution in [0.25, 0.3) is 11.4 Å². The van der Waals surface area contributed by atoms with Crippen LogP contribution in [0.15, 0.2) is 30.6 Å². The van der Waals surface area contributed by atoms with E-state index in [1.165, 1.54) is 12.8 Å². The maximum atomic E-state index is 5.48. The van der Waals surface area contributed by atoms with E-state index >= 15 is 0 Å². The zero-order valence-corrected chi connectivity index (χ0v) is 14.8. The van der Waals surface area contributed by atoms with Gasteiger partial charge >= 0.3 is 0 Å². The van der Waals surface area contributed by atoms with Crippen molar-refractivity contribution in [3.8, 4) is 11.4 Å². The van der Waals surface area contributed by atoms with Gasteiger partial charge in [-0.25, -0.2) is 9.97 Å². The van der Waals surface area contributed by atoms with Crippen molar-refractivity contribution in [1.29, 1.82) is 0 Å². The monoisotopic (exact) mass is 339 g/mol. The lowest BCUT2D eigenvalue weighted by Gasteiger charge is -2.33. The Balaban J connectivity index is 1.56. The number of anilines is 1. The van der Waals surface area contributed by atoms with Crippen molar-refractivity contribution in [2.24, 2.45) is 0 Å². The second kappa shape index (κ2) is 7.45. The lowest BCUT2D eigenvalue weighted by atomic mass is 10.2. The molecule has 6 nitrogen and oxygen atoms in total. The molecule has 2 aromatic rings. The van der Waals surface area contributed by atoms with Crippen molar-refractivity contribution in [2.45, 2.75) is 25.8 Å². The second-order valence-electron chi connectivity index (χ2n) is 6.83. The zero-order valence-electron chi connectivity index (χ0n) is 14.8. The number of hydrogen-bond acceptors (Lipinski definition) is 6. The summed E-state index contributed by atoms with van der Waals surface area (Å²) < 4.78 is 5.48. The first-order chi connectivity index (χ1) is 12.3. The normalized spacial score (nSPS) is 21.6. The van der Waals surface area contributed by atoms with Gasteiger partial charge in [0.15, 0.2) is 5.82 Å². The first-order valence-corrected chi connectivity index (χ1v) is 9.12. The van der Waals surface area contributed by atoms with Gasteiger partial charge in [0, 0.05) is 61.9 Å². The molecule has 2 aromatic heterocycles. The third-order valence-corrected chi connectivity index (χ3v) is 5.02. The molecule has 6 heteroatoms. The molecule has 0 aromatic carbocycles. The van der Waals surface area contributed by atoms with Gasteiger partial charge in [-0.15, -0.1) is 0 Å². The molecule has 1 atom stereocenters. The number of pyridine rings is 1. The van der Waals surface area contributed by atoms with E-state index in [1.54, 1.807) is 12.4 Å². The zero-order chi connectivity index (χ0) is 17.1. The summed E-state index contributed by atoms with van der Waals surface area (Å²) in [6, 6.07) is 6.57. The number of aryl methyl sites for hydroxylation is 1. The third-order valence-electron chi connectivity index (χ3n) is 5.02. The van der Waals surface area contributed by atoms with E-state index in [1.807, 2.05) is 19.1 Å². The molecule has 1 unspecified atom stereocenters. The van der Waals surface area contributed by atoms with Gasteiger partial charge in [-0.1, -0.05) is 0 Å². The minimum atomic E-state index is 0.526. The summed E-state index contributed by atoms with van der Waals surface area (Å²) in [4.78, 5) is 18.6. The molecule has 25 heavy (non-hydrogen) atoms. The molecule has 0 aliphatic carbocycles. The van der Waals surface area contributed by atoms with Crippen molar-refractivity contribution in [2.75, 3.05) is 44.3 Å². The van der Waals surface area contributed by atoms with Crippen LogP contribution in [0.3, 0.4) is 0 Å². The van der Waals surface area contributed by atoms with E-state index in [0.29, 0.717) is 6.04 Å². The SMILES string of the molecule is Cc1cc(N2CCCC2CN2CCOCC2)nc(-c2ccncc2)n1. The molecule has 4 rings (SSSR count). The quantitative estimate of drug-likeness (QED) is 0.851. The molecule has 2 fully saturated rings. The van der Waals surface area contributed by atoms with E-state index in [2.05, 4.69) is 25.8 Å². The van der Waals surface area contributed by atoms with Crippen LogP contribution in [0.4, 0.5) is 5.82 Å². The molecule has 4 heterocycles. The highest BCUT2D eigenvalue weighted by Gasteiger charge is 2.28. The first kappa shape index (κ1) is 16.4. The lowest BCUT2D eigenvalue weighted by Crippen LogP contribution is -2.45. The van der Waals surface area contributed by atoms with Crippen molar-refractivity contribution in [1.82, 2.24) is 19.9 Å². The Morgan fingerprint density at radius 1 is 1.12 bits per heavy atom. The average molecular weight is 339 g/mol. The Morgan fingerprint density at radius 3 is 2.72 bits per heavy atom. The molecule has 0 bridgehead atoms. The van der Waals surface area contributed by atoms with Crippen molar-refractivity contribution in [3.05, 3.63) is 36.3 Å². The van der Waals surface area contributed by atoms with Crippen LogP contribution in [0.1, 0.15) is 18.5 Å². The summed E-state index contributed by atoms with van der Waals surface area (Å²) in [5.74, 6) is 1.84. The molecule has 0 saturated carbocycles. The minimum absolute atomic E-state index is 0.526. The summed E-state index contributed by atoms with van der Waals surface area (Å²) in [7, 11) is 0. The topological polar surface area (TPSA) is 54.4 Å². The fourth-order valence-corrected chi connectivity index (χ4v) is 3.74. The fourth-order valence-electron chi connectivity index (χ4n) is 3.74. The Morgan fingerprint density at radius 2 is 1.92 bits per heavy atom. The highest BCUT2D eigenvalue weighted by molar-refractivity contribution is 5.57. The number of aromatic nitrogens is 3. The predicted octanol–water partition coefficient (Wildman–Crippen LogP) is 2.15. The number of ether oxygens (including phenoxy) is 1. The Kier molecular flexibility index (Phi) is 4.90. The largest absolute Gasteiger partial charge is 0.379 e. The van der Waals surface area contributed by atoms with Crippen LogP contribution in [0.2, 0.25) is 0 Å². The predicted molar refractivity (Wildman–Crippen MR) is 97.6 cm³/mol. The van der Waals surface area contributed by atoms with Crippen molar-refractivity contribution >= 4 is 5.82 Å². The molecule has 0 spiro atoms. The number of hydrogen-bond donors (Lipinski definition) is 0. The minimum Gasteiger partial charge on any atom is -0.379 e. The molecule has 2 aliphatic heterocycles. The molecule has 132 valence electrons. The first-order valence-electron chi connectivity index (χ1n) is 9.12. The molecule has 0 amide bonds. The van der Waals surface area contributed by atoms with Gasteiger partial charge in [0.25, 0.3) is 0 Å². The van der Waals surface area contributed by atoms with Gasteiger partial charge in [-0.05, 0) is 31.9 Å². The van der Waals surface area contributed by atoms with Gasteiger partial charge in [0.2, 0.25) is 0 Å². The third kappa shape index (κ3) is 3.80. The van der Waals surface area contributed by atoms with Gasteiger partial charge in [-0.3, -0.25) is 9.88 Å². The highest BCUT2D eigenvalue weighted by atomic mass is 16.5. The van der Waals surface area contributed by atoms with Crippen molar-refractivity contribution in [3.63, 3.8) is 0 Å². The highest BCUT2D eigenvalue weighted by Crippen LogP contribution is 2.27. The molecule has 0 radical (unpaired) electrons. The summed E-state index contributed by atoms with van der Waals surface area (Å²) >= 11 is 0. The van der Waals surface area contributed by atoms with E-state index in [9.17, 15) is 0 Å². The lowest BCUT2D eigenvalue weighted by molar-refractivity contribution is 0.0354. The van der Waals surface area contributed by atoms with Gasteiger partial charge in [-0.2, -0.15) is 0 Å². The van der Waals surface area contributed by atoms with E-state index < -0.39 is 0 Å². The van der Waals surface area contributed by atoms with Crippen LogP contribution in [0.5, 0.6) is 0 Å². The molecule has 0 N–H and O–H groups in total. The Hall–Kier alpha value is -2.05. The summed E-state index contributed by atoms with van der Waals surface area (Å²) in [5.41, 5.74) is 2.03. The molecular weight excluding hydrogens is 314 g/mol. The summed E-state index contributed by atoms with van der Waals surface area (Å²) in [6.07, 6.45) is 6.03. The summed E-state index contributed by atoms with van der Waals surface area (Å²) in [5, 5.41) is 0. The molecule has 2 aliphatic rings. The van der Waals surface area contributed by atoms with Crippen LogP contribution in [0, 0.1) is 6.92 Å². The Bertz CT molecular complexity index is 702. The van der Waals surface area contributed by atoms with Gasteiger partial charge < -0.3 is 9.64 Å². The summed E-state index contributed by atoms with van der Waals surface area (Å²) in [6.45, 7) is 7.99. The van der Waals surface area contributed by atoms with Gasteiger partial charge in [0.05, 0.1) is 13.2 Å². The number of morpholine rings is 1. The Labute approximate surface area is 148 Å². The van der Waals surface area contributed by atoms with E-state index in [-0.39, 0.29) is 0 Å². The van der Waals surface area contributed by atoms with Crippen molar-refractivity contribution < 1.29 is 4.74 Å². The van der Waals surface area contributed by atoms with Crippen LogP contribution in [-0.2, 0) is 4.74 Å².